The van der Waals surface area contributed by atoms with Crippen LogP contribution in [0.3, 0.4) is 0 Å². The van der Waals surface area contributed by atoms with Gasteiger partial charge in [0.1, 0.15) is 0 Å². The van der Waals surface area contributed by atoms with E-state index in [1.54, 1.807) is 0 Å². The Labute approximate surface area is 59.3 Å². The number of rotatable bonds is 0. The van der Waals surface area contributed by atoms with Crippen molar-refractivity contribution in [1.29, 1.82) is 0 Å². The van der Waals surface area contributed by atoms with Gasteiger partial charge in [-0.15, -0.1) is 0 Å². The molecular weight excluding hydrogens is 203 g/mol. The van der Waals surface area contributed by atoms with Gasteiger partial charge in [0.2, 0.25) is 0 Å². The summed E-state index contributed by atoms with van der Waals surface area (Å²) in [7, 11) is -1.17. The molecule has 4 heavy (non-hydrogen) atoms. The maximum absolute atomic E-state index is 8.51. The molecule has 1 atom stereocenters. The third-order valence-electron chi connectivity index (χ3n) is 0. The van der Waals surface area contributed by atoms with E-state index in [0.29, 0.717) is 0 Å². The molecule has 0 aliphatic heterocycles. The van der Waals surface area contributed by atoms with Crippen LogP contribution in [0.1, 0.15) is 0 Å². The van der Waals surface area contributed by atoms with Gasteiger partial charge in [-0.25, -0.2) is 0 Å². The van der Waals surface area contributed by atoms with Crippen LogP contribution in [0.4, 0.5) is 0 Å². The Balaban J connectivity index is 0. The minimum Gasteiger partial charge on any atom is -0.162 e. The standard InChI is InChI=1S/Ce.HO2P/c;1-3-2/h;3H/p+1. The van der Waals surface area contributed by atoms with Crippen LogP contribution < -0.4 is 0 Å². The summed E-state index contributed by atoms with van der Waals surface area (Å²) >= 11 is 0. The molecule has 0 saturated carbocycles. The molecule has 0 aromatic carbocycles. The Hall–Kier alpha value is 1.44. The van der Waals surface area contributed by atoms with E-state index in [-0.39, 0.29) is 41.7 Å². The first-order valence-corrected chi connectivity index (χ1v) is 1.28. The Kier molecular flexibility index (Phi) is 20.0. The molecule has 0 bridgehead atoms. The van der Waals surface area contributed by atoms with Crippen molar-refractivity contribution < 1.29 is 51.2 Å². The molecule has 0 aliphatic rings. The van der Waals surface area contributed by atoms with Crippen LogP contribution in [0.5, 0.6) is 0 Å². The molecule has 2 nitrogen and oxygen atoms in total. The molecule has 0 aromatic rings. The zero-order valence-corrected chi connectivity index (χ0v) is 6.00. The van der Waals surface area contributed by atoms with Gasteiger partial charge in [-0.2, -0.15) is 4.89 Å². The zero-order chi connectivity index (χ0) is 2.71. The van der Waals surface area contributed by atoms with Gasteiger partial charge in [0.05, 0.1) is 0 Å². The number of hydrogen-bond donors (Lipinski definition) is 1. The molecule has 0 aliphatic carbocycles. The first kappa shape index (κ1) is 9.06. The average Bonchev–Trinajstić information content (AvgIpc) is 0.918. The van der Waals surface area contributed by atoms with Crippen molar-refractivity contribution in [3.63, 3.8) is 0 Å². The monoisotopic (exact) mass is 205 g/mol. The van der Waals surface area contributed by atoms with Gasteiger partial charge < -0.3 is 0 Å². The van der Waals surface area contributed by atoms with E-state index in [4.69, 9.17) is 9.46 Å². The van der Waals surface area contributed by atoms with Gasteiger partial charge in [0, 0.05) is 41.7 Å². The van der Waals surface area contributed by atoms with Crippen LogP contribution >= 0.6 is 8.69 Å². The normalized spacial score (nSPS) is 5.25. The molecule has 0 rings (SSSR count). The number of hydrogen-bond acceptors (Lipinski definition) is 1. The van der Waals surface area contributed by atoms with Crippen molar-refractivity contribution in [3.8, 4) is 0 Å². The summed E-state index contributed by atoms with van der Waals surface area (Å²) in [5.41, 5.74) is 0. The van der Waals surface area contributed by atoms with Crippen molar-refractivity contribution >= 4 is 8.69 Å². The summed E-state index contributed by atoms with van der Waals surface area (Å²) < 4.78 is 8.51. The van der Waals surface area contributed by atoms with E-state index >= 15 is 0 Å². The van der Waals surface area contributed by atoms with Gasteiger partial charge in [0.15, 0.2) is 0 Å². The van der Waals surface area contributed by atoms with Crippen LogP contribution in [0.25, 0.3) is 0 Å². The fourth-order valence-electron chi connectivity index (χ4n) is 0. The van der Waals surface area contributed by atoms with E-state index < -0.39 is 8.69 Å². The van der Waals surface area contributed by atoms with Gasteiger partial charge in [-0.05, 0) is 4.57 Å². The average molecular weight is 205 g/mol. The van der Waals surface area contributed by atoms with Crippen molar-refractivity contribution in [2.24, 2.45) is 0 Å². The van der Waals surface area contributed by atoms with Crippen LogP contribution in [-0.4, -0.2) is 4.89 Å². The second-order valence-corrected chi connectivity index (χ2v) is 0.274. The van der Waals surface area contributed by atoms with Gasteiger partial charge in [-0.1, -0.05) is 0 Å². The van der Waals surface area contributed by atoms with E-state index in [2.05, 4.69) is 0 Å². The largest absolute Gasteiger partial charge is 0.491 e. The van der Waals surface area contributed by atoms with Crippen LogP contribution in [-0.2, 0) is 4.57 Å². The van der Waals surface area contributed by atoms with E-state index in [9.17, 15) is 0 Å². The molecule has 0 aromatic heterocycles. The fourth-order valence-corrected chi connectivity index (χ4v) is 0. The third kappa shape index (κ3) is 9.89. The first-order valence-electron chi connectivity index (χ1n) is 0.428. The third-order valence-corrected chi connectivity index (χ3v) is 0. The van der Waals surface area contributed by atoms with Crippen LogP contribution in [0.15, 0.2) is 0 Å². The first-order chi connectivity index (χ1) is 1.41. The second-order valence-electron chi connectivity index (χ2n) is 0.0913. The Morgan fingerprint density at radius 1 is 1.75 bits per heavy atom. The molecule has 1 N–H and O–H groups in total. The smallest absolute Gasteiger partial charge is 0.162 e. The van der Waals surface area contributed by atoms with E-state index in [1.807, 2.05) is 0 Å². The Bertz CT molecular complexity index is 13.5. The molecular formula is H2CeO2P+. The second kappa shape index (κ2) is 8.83. The summed E-state index contributed by atoms with van der Waals surface area (Å²) in [6, 6.07) is 0. The van der Waals surface area contributed by atoms with Gasteiger partial charge in [0.25, 0.3) is 0 Å². The Morgan fingerprint density at radius 3 is 1.75 bits per heavy atom. The molecule has 0 radical (unpaired) electrons. The summed E-state index contributed by atoms with van der Waals surface area (Å²) in [5.74, 6) is 0. The van der Waals surface area contributed by atoms with Gasteiger partial charge >= 0.3 is 8.69 Å². The molecule has 0 saturated heterocycles. The zero-order valence-electron chi connectivity index (χ0n) is 1.86. The van der Waals surface area contributed by atoms with E-state index in [0.717, 1.165) is 0 Å². The quantitative estimate of drug-likeness (QED) is 0.561. The minimum absolute atomic E-state index is 0. The molecule has 1 unspecified atom stereocenters. The maximum Gasteiger partial charge on any atom is 0.491 e. The predicted octanol–water partition coefficient (Wildman–Crippen LogP) is -0.0823. The van der Waals surface area contributed by atoms with Crippen LogP contribution in [0.2, 0.25) is 0 Å². The van der Waals surface area contributed by atoms with Crippen molar-refractivity contribution in [2.75, 3.05) is 0 Å². The molecule has 22 valence electrons. The Morgan fingerprint density at radius 2 is 1.75 bits per heavy atom. The molecule has 4 heteroatoms. The van der Waals surface area contributed by atoms with Crippen molar-refractivity contribution in [1.82, 2.24) is 0 Å². The van der Waals surface area contributed by atoms with Crippen LogP contribution in [0, 0.1) is 41.7 Å². The van der Waals surface area contributed by atoms with Crippen molar-refractivity contribution in [2.45, 2.75) is 0 Å². The topological polar surface area (TPSA) is 37.3 Å². The molecule has 0 amide bonds. The summed E-state index contributed by atoms with van der Waals surface area (Å²) in [4.78, 5) is 7.04. The predicted molar refractivity (Wildman–Crippen MR) is 11.2 cm³/mol. The molecule has 0 fully saturated rings. The van der Waals surface area contributed by atoms with Crippen molar-refractivity contribution in [3.05, 3.63) is 0 Å². The fraction of sp³-hybridized carbons (Fsp3) is 0. The summed E-state index contributed by atoms with van der Waals surface area (Å²) in [6.07, 6.45) is 0. The van der Waals surface area contributed by atoms with E-state index in [1.165, 1.54) is 0 Å². The summed E-state index contributed by atoms with van der Waals surface area (Å²) in [5, 5.41) is 0. The maximum atomic E-state index is 8.51. The summed E-state index contributed by atoms with van der Waals surface area (Å²) in [6.45, 7) is 0. The SMILES string of the molecule is O=[PH+]O.[Ce]. The minimum atomic E-state index is -1.17. The molecule has 0 heterocycles. The van der Waals surface area contributed by atoms with Gasteiger partial charge in [-0.3, -0.25) is 0 Å². The molecule has 0 spiro atoms.